The van der Waals surface area contributed by atoms with Crippen LogP contribution in [-0.4, -0.2) is 26.0 Å². The number of carbonyl (C=O) groups is 1. The number of rotatable bonds is 9. The standard InChI is InChI=1S/C22H30ClNO4S/c1-15-13-18(23)11-12-21(15)29(27,28)24-14-20-17-9-7-16(8-10-17)19(20)5-3-2-4-6-22(25)26/h3,5,11-13,16-17,19-20,24H,2,4,6-10,14H2,1H3,(H,25,26). The molecule has 0 spiro atoms. The predicted octanol–water partition coefficient (Wildman–Crippen LogP) is 4.79. The van der Waals surface area contributed by atoms with Gasteiger partial charge in [0.25, 0.3) is 0 Å². The molecular formula is C22H30ClNO4S. The summed E-state index contributed by atoms with van der Waals surface area (Å²) in [4.78, 5) is 10.9. The van der Waals surface area contributed by atoms with Crippen LogP contribution < -0.4 is 4.72 Å². The fourth-order valence-corrected chi connectivity index (χ4v) is 6.57. The van der Waals surface area contributed by atoms with E-state index < -0.39 is 16.0 Å². The minimum absolute atomic E-state index is 0.185. The van der Waals surface area contributed by atoms with Crippen molar-refractivity contribution in [3.63, 3.8) is 0 Å². The van der Waals surface area contributed by atoms with E-state index in [9.17, 15) is 13.2 Å². The molecule has 2 N–H and O–H groups in total. The van der Waals surface area contributed by atoms with Crippen molar-refractivity contribution in [3.05, 3.63) is 40.9 Å². The van der Waals surface area contributed by atoms with Crippen LogP contribution in [0.15, 0.2) is 35.2 Å². The van der Waals surface area contributed by atoms with Gasteiger partial charge in [0.05, 0.1) is 4.90 Å². The van der Waals surface area contributed by atoms with Crippen molar-refractivity contribution >= 4 is 27.6 Å². The van der Waals surface area contributed by atoms with E-state index in [1.54, 1.807) is 25.1 Å². The Kier molecular flexibility index (Phi) is 7.41. The third-order valence-electron chi connectivity index (χ3n) is 6.52. The summed E-state index contributed by atoms with van der Waals surface area (Å²) in [5, 5.41) is 9.29. The number of fused-ring (bicyclic) bond motifs is 3. The number of benzene rings is 1. The van der Waals surface area contributed by atoms with Crippen molar-refractivity contribution in [2.24, 2.45) is 23.7 Å². The van der Waals surface area contributed by atoms with Gasteiger partial charge in [-0.3, -0.25) is 4.79 Å². The number of unbranched alkanes of at least 4 members (excludes halogenated alkanes) is 1. The maximum absolute atomic E-state index is 12.9. The Morgan fingerprint density at radius 2 is 1.93 bits per heavy atom. The highest BCUT2D eigenvalue weighted by Gasteiger charge is 2.42. The highest BCUT2D eigenvalue weighted by molar-refractivity contribution is 7.89. The minimum Gasteiger partial charge on any atom is -0.481 e. The van der Waals surface area contributed by atoms with Gasteiger partial charge in [-0.25, -0.2) is 13.1 Å². The topological polar surface area (TPSA) is 83.5 Å². The summed E-state index contributed by atoms with van der Waals surface area (Å²) < 4.78 is 28.6. The van der Waals surface area contributed by atoms with Gasteiger partial charge in [0.1, 0.15) is 0 Å². The summed E-state index contributed by atoms with van der Waals surface area (Å²) in [6.07, 6.45) is 10.6. The number of hydrogen-bond acceptors (Lipinski definition) is 3. The molecule has 3 fully saturated rings. The van der Waals surface area contributed by atoms with E-state index in [1.807, 2.05) is 0 Å². The van der Waals surface area contributed by atoms with E-state index in [0.717, 1.165) is 6.42 Å². The van der Waals surface area contributed by atoms with Crippen molar-refractivity contribution in [1.29, 1.82) is 0 Å². The summed E-state index contributed by atoms with van der Waals surface area (Å²) in [5.74, 6) is 1.03. The zero-order valence-corrected chi connectivity index (χ0v) is 18.4. The van der Waals surface area contributed by atoms with E-state index in [1.165, 1.54) is 25.7 Å². The lowest BCUT2D eigenvalue weighted by Gasteiger charge is -2.48. The molecular weight excluding hydrogens is 410 g/mol. The molecule has 29 heavy (non-hydrogen) atoms. The van der Waals surface area contributed by atoms with E-state index in [0.29, 0.717) is 47.2 Å². The molecule has 3 aliphatic rings. The zero-order valence-electron chi connectivity index (χ0n) is 16.8. The Balaban J connectivity index is 1.66. The number of carboxylic acids is 1. The van der Waals surface area contributed by atoms with Gasteiger partial charge in [0.15, 0.2) is 0 Å². The van der Waals surface area contributed by atoms with Crippen LogP contribution in [0.5, 0.6) is 0 Å². The molecule has 3 saturated carbocycles. The zero-order chi connectivity index (χ0) is 21.0. The summed E-state index contributed by atoms with van der Waals surface area (Å²) in [7, 11) is -3.58. The van der Waals surface area contributed by atoms with Crippen molar-refractivity contribution in [2.45, 2.75) is 56.8 Å². The first-order valence-electron chi connectivity index (χ1n) is 10.4. The van der Waals surface area contributed by atoms with Crippen LogP contribution in [-0.2, 0) is 14.8 Å². The van der Waals surface area contributed by atoms with Crippen LogP contribution in [0.25, 0.3) is 0 Å². The summed E-state index contributed by atoms with van der Waals surface area (Å²) in [6.45, 7) is 2.20. The highest BCUT2D eigenvalue weighted by Crippen LogP contribution is 2.49. The Labute approximate surface area is 178 Å². The van der Waals surface area contributed by atoms with E-state index in [2.05, 4.69) is 16.9 Å². The lowest BCUT2D eigenvalue weighted by Crippen LogP contribution is -2.45. The number of nitrogens with one attached hydrogen (secondary N) is 1. The quantitative estimate of drug-likeness (QED) is 0.428. The molecule has 1 aromatic carbocycles. The number of carboxylic acid groups (broad SMARTS) is 1. The molecule has 2 bridgehead atoms. The molecule has 7 heteroatoms. The van der Waals surface area contributed by atoms with Crippen LogP contribution >= 0.6 is 11.6 Å². The second kappa shape index (κ2) is 9.63. The smallest absolute Gasteiger partial charge is 0.303 e. The van der Waals surface area contributed by atoms with Crippen LogP contribution in [0.3, 0.4) is 0 Å². The van der Waals surface area contributed by atoms with Gasteiger partial charge in [-0.2, -0.15) is 0 Å². The number of aliphatic carboxylic acids is 1. The average Bonchev–Trinajstić information content (AvgIpc) is 2.67. The molecule has 1 aromatic rings. The average molecular weight is 440 g/mol. The lowest BCUT2D eigenvalue weighted by molar-refractivity contribution is -0.137. The third-order valence-corrected chi connectivity index (χ3v) is 8.33. The van der Waals surface area contributed by atoms with E-state index in [4.69, 9.17) is 16.7 Å². The molecule has 0 amide bonds. The minimum atomic E-state index is -3.58. The Bertz CT molecular complexity index is 860. The maximum Gasteiger partial charge on any atom is 0.303 e. The normalized spacial score (nSPS) is 26.8. The van der Waals surface area contributed by atoms with Crippen molar-refractivity contribution in [2.75, 3.05) is 6.54 Å². The van der Waals surface area contributed by atoms with Crippen LogP contribution in [0.4, 0.5) is 0 Å². The molecule has 0 saturated heterocycles. The predicted molar refractivity (Wildman–Crippen MR) is 114 cm³/mol. The van der Waals surface area contributed by atoms with Gasteiger partial charge in [-0.05, 0) is 92.9 Å². The van der Waals surface area contributed by atoms with Crippen molar-refractivity contribution in [3.8, 4) is 0 Å². The second-order valence-corrected chi connectivity index (χ2v) is 10.6. The molecule has 160 valence electrons. The first-order valence-corrected chi connectivity index (χ1v) is 12.3. The number of aryl methyl sites for hydroxylation is 1. The van der Waals surface area contributed by atoms with Gasteiger partial charge >= 0.3 is 5.97 Å². The van der Waals surface area contributed by atoms with Crippen LogP contribution in [0, 0.1) is 30.6 Å². The first kappa shape index (κ1) is 22.3. The monoisotopic (exact) mass is 439 g/mol. The second-order valence-electron chi connectivity index (χ2n) is 8.39. The summed E-state index contributed by atoms with van der Waals surface area (Å²) >= 11 is 5.96. The van der Waals surface area contributed by atoms with E-state index >= 15 is 0 Å². The first-order chi connectivity index (χ1) is 13.8. The van der Waals surface area contributed by atoms with Gasteiger partial charge < -0.3 is 5.11 Å². The fourth-order valence-electron chi connectivity index (χ4n) is 5.05. The van der Waals surface area contributed by atoms with Crippen molar-refractivity contribution < 1.29 is 18.3 Å². The van der Waals surface area contributed by atoms with Crippen molar-refractivity contribution in [1.82, 2.24) is 4.72 Å². The van der Waals surface area contributed by atoms with Gasteiger partial charge in [-0.1, -0.05) is 23.8 Å². The molecule has 2 unspecified atom stereocenters. The Morgan fingerprint density at radius 1 is 1.24 bits per heavy atom. The number of allylic oxidation sites excluding steroid dienone is 2. The molecule has 0 aromatic heterocycles. The molecule has 2 atom stereocenters. The molecule has 3 aliphatic carbocycles. The number of halogens is 1. The maximum atomic E-state index is 12.9. The molecule has 4 rings (SSSR count). The number of sulfonamides is 1. The molecule has 5 nitrogen and oxygen atoms in total. The Morgan fingerprint density at radius 3 is 2.59 bits per heavy atom. The molecule has 0 radical (unpaired) electrons. The van der Waals surface area contributed by atoms with Gasteiger partial charge in [0, 0.05) is 18.0 Å². The van der Waals surface area contributed by atoms with Crippen LogP contribution in [0.1, 0.15) is 50.5 Å². The number of hydrogen-bond donors (Lipinski definition) is 2. The highest BCUT2D eigenvalue weighted by atomic mass is 35.5. The SMILES string of the molecule is Cc1cc(Cl)ccc1S(=O)(=O)NCC1C2CCC(CC2)C1C=CCCCC(=O)O. The summed E-state index contributed by atoms with van der Waals surface area (Å²) in [6, 6.07) is 4.84. The van der Waals surface area contributed by atoms with Gasteiger partial charge in [0.2, 0.25) is 10.0 Å². The van der Waals surface area contributed by atoms with Gasteiger partial charge in [-0.15, -0.1) is 0 Å². The fraction of sp³-hybridized carbons (Fsp3) is 0.591. The molecule has 0 heterocycles. The largest absolute Gasteiger partial charge is 0.481 e. The third kappa shape index (κ3) is 5.62. The Hall–Kier alpha value is -1.37. The molecule has 0 aliphatic heterocycles. The lowest BCUT2D eigenvalue weighted by atomic mass is 9.58. The summed E-state index contributed by atoms with van der Waals surface area (Å²) in [5.41, 5.74) is 0.644. The van der Waals surface area contributed by atoms with E-state index in [-0.39, 0.29) is 11.3 Å². The van der Waals surface area contributed by atoms with Crippen LogP contribution in [0.2, 0.25) is 5.02 Å².